The van der Waals surface area contributed by atoms with Crippen LogP contribution in [0.4, 0.5) is 0 Å². The van der Waals surface area contributed by atoms with Gasteiger partial charge in [-0.2, -0.15) is 0 Å². The largest absolute Gasteiger partial charge is 0.330 e. The number of nitrogens with zero attached hydrogens (tertiary/aromatic N) is 1. The molecule has 2 nitrogen and oxygen atoms in total. The van der Waals surface area contributed by atoms with Crippen molar-refractivity contribution < 1.29 is 0 Å². The highest BCUT2D eigenvalue weighted by molar-refractivity contribution is 7.15. The molecule has 0 bridgehead atoms. The molecule has 0 fully saturated rings. The number of aromatic nitrogens is 1. The predicted molar refractivity (Wildman–Crippen MR) is 69.8 cm³/mol. The lowest BCUT2D eigenvalue weighted by Gasteiger charge is -2.02. The monoisotopic (exact) mass is 232 g/mol. The van der Waals surface area contributed by atoms with Gasteiger partial charge >= 0.3 is 0 Å². The van der Waals surface area contributed by atoms with E-state index in [-0.39, 0.29) is 0 Å². The summed E-state index contributed by atoms with van der Waals surface area (Å²) in [6, 6.07) is 8.54. The Morgan fingerprint density at radius 2 is 2.12 bits per heavy atom. The molecule has 84 valence electrons. The molecule has 0 spiro atoms. The average Bonchev–Trinajstić information content (AvgIpc) is 2.60. The SMILES string of the molecule is Cc1cccc(-c2sc(C)nc2CCN)c1. The van der Waals surface area contributed by atoms with Crippen molar-refractivity contribution in [2.75, 3.05) is 6.54 Å². The van der Waals surface area contributed by atoms with E-state index in [1.165, 1.54) is 16.0 Å². The topological polar surface area (TPSA) is 38.9 Å². The fourth-order valence-electron chi connectivity index (χ4n) is 1.79. The number of nitrogens with two attached hydrogens (primary N) is 1. The number of benzene rings is 1. The number of thiazole rings is 1. The van der Waals surface area contributed by atoms with Crippen LogP contribution in [0, 0.1) is 13.8 Å². The first-order valence-electron chi connectivity index (χ1n) is 5.44. The standard InChI is InChI=1S/C13H16N2S/c1-9-4-3-5-11(8-9)13-12(6-7-14)15-10(2)16-13/h3-5,8H,6-7,14H2,1-2H3. The van der Waals surface area contributed by atoms with E-state index < -0.39 is 0 Å². The van der Waals surface area contributed by atoms with Gasteiger partial charge in [0.05, 0.1) is 15.6 Å². The highest BCUT2D eigenvalue weighted by Crippen LogP contribution is 2.30. The molecule has 16 heavy (non-hydrogen) atoms. The number of hydrogen-bond acceptors (Lipinski definition) is 3. The first-order chi connectivity index (χ1) is 7.70. The van der Waals surface area contributed by atoms with Gasteiger partial charge in [0.15, 0.2) is 0 Å². The van der Waals surface area contributed by atoms with Crippen LogP contribution in [0.15, 0.2) is 24.3 Å². The van der Waals surface area contributed by atoms with Crippen LogP contribution < -0.4 is 5.73 Å². The lowest BCUT2D eigenvalue weighted by atomic mass is 10.1. The summed E-state index contributed by atoms with van der Waals surface area (Å²) in [7, 11) is 0. The van der Waals surface area contributed by atoms with Crippen LogP contribution in [0.3, 0.4) is 0 Å². The highest BCUT2D eigenvalue weighted by Gasteiger charge is 2.10. The second kappa shape index (κ2) is 4.76. The molecule has 1 heterocycles. The summed E-state index contributed by atoms with van der Waals surface area (Å²) in [6.07, 6.45) is 0.855. The zero-order valence-corrected chi connectivity index (χ0v) is 10.5. The maximum Gasteiger partial charge on any atom is 0.0903 e. The van der Waals surface area contributed by atoms with Crippen molar-refractivity contribution >= 4 is 11.3 Å². The molecule has 0 unspecified atom stereocenters. The van der Waals surface area contributed by atoms with Crippen molar-refractivity contribution in [1.82, 2.24) is 4.98 Å². The highest BCUT2D eigenvalue weighted by atomic mass is 32.1. The minimum atomic E-state index is 0.655. The molecule has 0 amide bonds. The molecule has 0 aliphatic rings. The second-order valence-electron chi connectivity index (χ2n) is 3.92. The molecule has 0 saturated heterocycles. The van der Waals surface area contributed by atoms with E-state index in [0.717, 1.165) is 17.1 Å². The van der Waals surface area contributed by atoms with E-state index in [1.54, 1.807) is 11.3 Å². The van der Waals surface area contributed by atoms with E-state index in [1.807, 2.05) is 6.92 Å². The Bertz CT molecular complexity index is 488. The van der Waals surface area contributed by atoms with E-state index in [2.05, 4.69) is 36.2 Å². The van der Waals surface area contributed by atoms with Crippen molar-refractivity contribution in [3.63, 3.8) is 0 Å². The number of hydrogen-bond donors (Lipinski definition) is 1. The van der Waals surface area contributed by atoms with Crippen LogP contribution in [0.2, 0.25) is 0 Å². The molecule has 1 aromatic heterocycles. The summed E-state index contributed by atoms with van der Waals surface area (Å²) in [6.45, 7) is 4.81. The summed E-state index contributed by atoms with van der Waals surface area (Å²) in [4.78, 5) is 5.81. The summed E-state index contributed by atoms with van der Waals surface area (Å²) < 4.78 is 0. The molecule has 0 atom stereocenters. The molecule has 0 aliphatic carbocycles. The maximum atomic E-state index is 5.61. The third kappa shape index (κ3) is 2.31. The van der Waals surface area contributed by atoms with Crippen LogP contribution in [0.25, 0.3) is 10.4 Å². The van der Waals surface area contributed by atoms with Crippen LogP contribution in [0.1, 0.15) is 16.3 Å². The third-order valence-corrected chi connectivity index (χ3v) is 3.53. The van der Waals surface area contributed by atoms with E-state index in [9.17, 15) is 0 Å². The van der Waals surface area contributed by atoms with Gasteiger partial charge in [-0.1, -0.05) is 29.8 Å². The summed E-state index contributed by atoms with van der Waals surface area (Å²) >= 11 is 1.75. The second-order valence-corrected chi connectivity index (χ2v) is 5.12. The summed E-state index contributed by atoms with van der Waals surface area (Å²) in [5.41, 5.74) is 9.28. The Kier molecular flexibility index (Phi) is 3.36. The Morgan fingerprint density at radius 3 is 2.81 bits per heavy atom. The van der Waals surface area contributed by atoms with Crippen molar-refractivity contribution in [1.29, 1.82) is 0 Å². The Labute approximate surface area is 100 Å². The molecule has 2 rings (SSSR count). The average molecular weight is 232 g/mol. The van der Waals surface area contributed by atoms with Crippen molar-refractivity contribution in [3.8, 4) is 10.4 Å². The van der Waals surface area contributed by atoms with Gasteiger partial charge in [0.25, 0.3) is 0 Å². The normalized spacial score (nSPS) is 10.7. The van der Waals surface area contributed by atoms with Gasteiger partial charge in [-0.15, -0.1) is 11.3 Å². The molecule has 2 aromatic rings. The first kappa shape index (κ1) is 11.3. The van der Waals surface area contributed by atoms with Crippen LogP contribution in [0.5, 0.6) is 0 Å². The molecular formula is C13H16N2S. The smallest absolute Gasteiger partial charge is 0.0903 e. The van der Waals surface area contributed by atoms with E-state index >= 15 is 0 Å². The number of rotatable bonds is 3. The number of aryl methyl sites for hydroxylation is 2. The van der Waals surface area contributed by atoms with Crippen LogP contribution in [-0.2, 0) is 6.42 Å². The zero-order chi connectivity index (χ0) is 11.5. The maximum absolute atomic E-state index is 5.61. The van der Waals surface area contributed by atoms with Crippen LogP contribution in [-0.4, -0.2) is 11.5 Å². The van der Waals surface area contributed by atoms with Crippen molar-refractivity contribution in [3.05, 3.63) is 40.5 Å². The van der Waals surface area contributed by atoms with Gasteiger partial charge in [0.2, 0.25) is 0 Å². The van der Waals surface area contributed by atoms with Crippen LogP contribution >= 0.6 is 11.3 Å². The van der Waals surface area contributed by atoms with Crippen molar-refractivity contribution in [2.24, 2.45) is 5.73 Å². The van der Waals surface area contributed by atoms with Gasteiger partial charge in [0, 0.05) is 6.42 Å². The van der Waals surface area contributed by atoms with E-state index in [4.69, 9.17) is 5.73 Å². The molecule has 1 aromatic carbocycles. The fourth-order valence-corrected chi connectivity index (χ4v) is 2.75. The van der Waals surface area contributed by atoms with Gasteiger partial charge in [-0.3, -0.25) is 0 Å². The molecule has 0 radical (unpaired) electrons. The quantitative estimate of drug-likeness (QED) is 0.883. The van der Waals surface area contributed by atoms with Gasteiger partial charge in [-0.25, -0.2) is 4.98 Å². The minimum absolute atomic E-state index is 0.655. The Hall–Kier alpha value is -1.19. The summed E-state index contributed by atoms with van der Waals surface area (Å²) in [5, 5.41) is 1.11. The molecule has 0 aliphatic heterocycles. The first-order valence-corrected chi connectivity index (χ1v) is 6.26. The van der Waals surface area contributed by atoms with Gasteiger partial charge < -0.3 is 5.73 Å². The van der Waals surface area contributed by atoms with Crippen molar-refractivity contribution in [2.45, 2.75) is 20.3 Å². The Balaban J connectivity index is 2.46. The fraction of sp³-hybridized carbons (Fsp3) is 0.308. The van der Waals surface area contributed by atoms with Gasteiger partial charge in [-0.05, 0) is 26.0 Å². The lowest BCUT2D eigenvalue weighted by Crippen LogP contribution is -2.03. The third-order valence-electron chi connectivity index (χ3n) is 2.47. The van der Waals surface area contributed by atoms with E-state index in [0.29, 0.717) is 6.54 Å². The van der Waals surface area contributed by atoms with Gasteiger partial charge in [0.1, 0.15) is 0 Å². The minimum Gasteiger partial charge on any atom is -0.330 e. The molecule has 0 saturated carbocycles. The molecule has 2 N–H and O–H groups in total. The molecule has 3 heteroatoms. The molecular weight excluding hydrogens is 216 g/mol. The zero-order valence-electron chi connectivity index (χ0n) is 9.66. The lowest BCUT2D eigenvalue weighted by molar-refractivity contribution is 0.931. The summed E-state index contributed by atoms with van der Waals surface area (Å²) in [5.74, 6) is 0. The Morgan fingerprint density at radius 1 is 1.31 bits per heavy atom. The predicted octanol–water partition coefficient (Wildman–Crippen LogP) is 2.93.